The molecule has 1 aliphatic heterocycles. The van der Waals surface area contributed by atoms with Gasteiger partial charge in [0.2, 0.25) is 5.91 Å². The number of aliphatic hydroxyl groups is 5. The third-order valence-electron chi connectivity index (χ3n) is 7.93. The molecule has 13 nitrogen and oxygen atoms in total. The largest absolute Gasteiger partial charge is 0.397 e. The topological polar surface area (TPSA) is 212 Å². The van der Waals surface area contributed by atoms with Gasteiger partial charge in [0.05, 0.1) is 25.4 Å². The van der Waals surface area contributed by atoms with Gasteiger partial charge in [0, 0.05) is 0 Å². The van der Waals surface area contributed by atoms with E-state index in [0.29, 0.717) is 19.3 Å². The van der Waals surface area contributed by atoms with Crippen molar-refractivity contribution >= 4 is 16.3 Å². The third-order valence-corrected chi connectivity index (χ3v) is 8.40. The highest BCUT2D eigenvalue weighted by atomic mass is 32.3. The second-order valence-corrected chi connectivity index (χ2v) is 12.9. The van der Waals surface area contributed by atoms with Crippen molar-refractivity contribution in [2.75, 3.05) is 13.2 Å². The molecule has 0 saturated carbocycles. The van der Waals surface area contributed by atoms with Gasteiger partial charge in [-0.05, 0) is 38.5 Å². The van der Waals surface area contributed by atoms with Crippen LogP contribution in [0.25, 0.3) is 0 Å². The number of allylic oxidation sites excluding steroid dienone is 2. The molecule has 45 heavy (non-hydrogen) atoms. The number of unbranched alkanes of at least 4 members (excludes halogenated alkanes) is 11. The maximum atomic E-state index is 12.9. The summed E-state index contributed by atoms with van der Waals surface area (Å²) in [6, 6.07) is -1.03. The van der Waals surface area contributed by atoms with Gasteiger partial charge in [-0.3, -0.25) is 9.35 Å². The minimum atomic E-state index is -5.09. The lowest BCUT2D eigenvalue weighted by molar-refractivity contribution is -0.298. The van der Waals surface area contributed by atoms with E-state index in [1.54, 1.807) is 0 Å². The molecule has 1 fully saturated rings. The molecule has 0 bridgehead atoms. The summed E-state index contributed by atoms with van der Waals surface area (Å²) in [7, 11) is -5.09. The van der Waals surface area contributed by atoms with Gasteiger partial charge in [-0.2, -0.15) is 8.42 Å². The molecule has 1 aliphatic rings. The normalized spacial score (nSPS) is 24.5. The molecule has 8 atom stereocenters. The Morgan fingerprint density at radius 3 is 2.02 bits per heavy atom. The lowest BCUT2D eigenvalue weighted by Gasteiger charge is -2.41. The van der Waals surface area contributed by atoms with Crippen molar-refractivity contribution in [2.24, 2.45) is 0 Å². The summed E-state index contributed by atoms with van der Waals surface area (Å²) in [6.07, 6.45) is 7.86. The van der Waals surface area contributed by atoms with Crippen LogP contribution >= 0.6 is 0 Å². The molecule has 0 spiro atoms. The Hall–Kier alpha value is -1.20. The van der Waals surface area contributed by atoms with E-state index in [1.165, 1.54) is 19.3 Å². The molecule has 1 amide bonds. The number of ether oxygens (including phenoxy) is 2. The van der Waals surface area contributed by atoms with E-state index in [2.05, 4.69) is 35.5 Å². The van der Waals surface area contributed by atoms with Gasteiger partial charge < -0.3 is 40.3 Å². The van der Waals surface area contributed by atoms with Gasteiger partial charge in [-0.25, -0.2) is 4.18 Å². The molecule has 8 unspecified atom stereocenters. The van der Waals surface area contributed by atoms with Crippen molar-refractivity contribution in [2.45, 2.75) is 166 Å². The summed E-state index contributed by atoms with van der Waals surface area (Å²) in [5.74, 6) is -0.690. The quantitative estimate of drug-likeness (QED) is 0.0403. The molecule has 0 aromatic rings. The van der Waals surface area contributed by atoms with E-state index in [0.717, 1.165) is 57.8 Å². The first-order valence-electron chi connectivity index (χ1n) is 16.7. The van der Waals surface area contributed by atoms with Crippen LogP contribution in [0.1, 0.15) is 117 Å². The van der Waals surface area contributed by atoms with Crippen molar-refractivity contribution in [3.05, 3.63) is 12.2 Å². The Bertz CT molecular complexity index is 905. The highest BCUT2D eigenvalue weighted by Gasteiger charge is 2.48. The van der Waals surface area contributed by atoms with E-state index in [-0.39, 0.29) is 6.42 Å². The second kappa shape index (κ2) is 24.0. The Balaban J connectivity index is 2.71. The number of amides is 1. The minimum Gasteiger partial charge on any atom is -0.394 e. The molecule has 1 saturated heterocycles. The number of carbonyl (C=O) groups is 1. The molecule has 0 aromatic heterocycles. The average Bonchev–Trinajstić information content (AvgIpc) is 2.99. The fourth-order valence-corrected chi connectivity index (χ4v) is 5.67. The zero-order valence-corrected chi connectivity index (χ0v) is 27.9. The van der Waals surface area contributed by atoms with Crippen molar-refractivity contribution in [1.82, 2.24) is 5.32 Å². The van der Waals surface area contributed by atoms with Crippen LogP contribution in [0, 0.1) is 0 Å². The van der Waals surface area contributed by atoms with Gasteiger partial charge in [-0.15, -0.1) is 0 Å². The smallest absolute Gasteiger partial charge is 0.394 e. The Morgan fingerprint density at radius 1 is 0.867 bits per heavy atom. The van der Waals surface area contributed by atoms with Crippen LogP contribution in [0.5, 0.6) is 0 Å². The van der Waals surface area contributed by atoms with E-state index in [1.807, 2.05) is 0 Å². The van der Waals surface area contributed by atoms with Gasteiger partial charge in [0.25, 0.3) is 0 Å². The number of rotatable bonds is 26. The lowest BCUT2D eigenvalue weighted by atomic mass is 9.99. The summed E-state index contributed by atoms with van der Waals surface area (Å²) in [4.78, 5) is 12.9. The number of nitrogens with one attached hydrogen (secondary N) is 1. The van der Waals surface area contributed by atoms with E-state index < -0.39 is 78.5 Å². The van der Waals surface area contributed by atoms with Gasteiger partial charge in [-0.1, -0.05) is 90.2 Å². The fourth-order valence-electron chi connectivity index (χ4n) is 5.16. The van der Waals surface area contributed by atoms with Gasteiger partial charge >= 0.3 is 10.4 Å². The summed E-state index contributed by atoms with van der Waals surface area (Å²) in [5, 5.41) is 54.4. The van der Waals surface area contributed by atoms with E-state index in [4.69, 9.17) is 14.0 Å². The highest BCUT2D eigenvalue weighted by molar-refractivity contribution is 7.80. The molecule has 1 rings (SSSR count). The van der Waals surface area contributed by atoms with Crippen LogP contribution in [0.2, 0.25) is 0 Å². The van der Waals surface area contributed by atoms with E-state index >= 15 is 0 Å². The zero-order valence-electron chi connectivity index (χ0n) is 27.0. The van der Waals surface area contributed by atoms with Crippen LogP contribution in [-0.2, 0) is 28.9 Å². The molecular formula is C31H59NO12S. The first-order valence-corrected chi connectivity index (χ1v) is 18.0. The Morgan fingerprint density at radius 2 is 1.42 bits per heavy atom. The van der Waals surface area contributed by atoms with Crippen molar-refractivity contribution in [3.63, 3.8) is 0 Å². The highest BCUT2D eigenvalue weighted by Crippen LogP contribution is 2.26. The monoisotopic (exact) mass is 669 g/mol. The maximum Gasteiger partial charge on any atom is 0.397 e. The van der Waals surface area contributed by atoms with Crippen molar-refractivity contribution in [3.8, 4) is 0 Å². The van der Waals surface area contributed by atoms with Crippen LogP contribution < -0.4 is 5.32 Å². The molecular weight excluding hydrogens is 610 g/mol. The van der Waals surface area contributed by atoms with Gasteiger partial charge in [0.1, 0.15) is 30.5 Å². The molecule has 1 heterocycles. The van der Waals surface area contributed by atoms with Crippen LogP contribution in [0.4, 0.5) is 0 Å². The second-order valence-electron chi connectivity index (χ2n) is 11.9. The number of hydrogen-bond donors (Lipinski definition) is 7. The molecule has 14 heteroatoms. The van der Waals surface area contributed by atoms with E-state index in [9.17, 15) is 38.7 Å². The van der Waals surface area contributed by atoms with Crippen LogP contribution in [0.15, 0.2) is 12.2 Å². The predicted octanol–water partition coefficient (Wildman–Crippen LogP) is 2.67. The standard InChI is InChI=1S/C31H59NO12S/c1-3-5-7-9-10-11-12-13-14-16-18-20-25(35)30(38)32-23(24(34)19-17-15-8-6-4-2)22-42-31-28(37)29(44-45(39,40)41)27(36)26(21-33)43-31/h10-11,23-29,31,33-37H,3-9,12-22H2,1-2H3,(H,32,38)(H,39,40,41)/b11-10-. The molecule has 7 N–H and O–H groups in total. The summed E-state index contributed by atoms with van der Waals surface area (Å²) >= 11 is 0. The number of hydrogen-bond acceptors (Lipinski definition) is 11. The Labute approximate surface area is 269 Å². The fraction of sp³-hybridized carbons (Fsp3) is 0.903. The molecule has 266 valence electrons. The first-order chi connectivity index (χ1) is 21.4. The zero-order chi connectivity index (χ0) is 33.7. The molecule has 0 radical (unpaired) electrons. The first kappa shape index (κ1) is 41.8. The predicted molar refractivity (Wildman–Crippen MR) is 168 cm³/mol. The van der Waals surface area contributed by atoms with Gasteiger partial charge in [0.15, 0.2) is 6.29 Å². The molecule has 0 aromatic carbocycles. The number of carbonyl (C=O) groups excluding carboxylic acids is 1. The summed E-state index contributed by atoms with van der Waals surface area (Å²) in [6.45, 7) is 3.06. The Kier molecular flexibility index (Phi) is 22.3. The van der Waals surface area contributed by atoms with Crippen molar-refractivity contribution in [1.29, 1.82) is 0 Å². The van der Waals surface area contributed by atoms with Crippen molar-refractivity contribution < 1.29 is 57.0 Å². The summed E-state index contributed by atoms with van der Waals surface area (Å²) < 4.78 is 46.9. The average molecular weight is 670 g/mol. The maximum absolute atomic E-state index is 12.9. The number of aliphatic hydroxyl groups excluding tert-OH is 5. The minimum absolute atomic E-state index is 0.245. The van der Waals surface area contributed by atoms with Crippen LogP contribution in [0.3, 0.4) is 0 Å². The summed E-state index contributed by atoms with van der Waals surface area (Å²) in [5.41, 5.74) is 0. The lowest BCUT2D eigenvalue weighted by Crippen LogP contribution is -2.61. The SMILES string of the molecule is CCCCC/C=C\CCCCCCC(O)C(=O)NC(COC1OC(CO)C(O)C(OS(=O)(=O)O)C1O)C(O)CCCCCCC. The molecule has 0 aliphatic carbocycles. The third kappa shape index (κ3) is 18.1. The van der Waals surface area contributed by atoms with Crippen LogP contribution in [-0.4, -0.2) is 107 Å².